The maximum atomic E-state index is 9.39. The lowest BCUT2D eigenvalue weighted by Crippen LogP contribution is -2.44. The van der Waals surface area contributed by atoms with Gasteiger partial charge in [-0.1, -0.05) is 6.42 Å². The summed E-state index contributed by atoms with van der Waals surface area (Å²) in [5, 5.41) is 12.6. The minimum absolute atomic E-state index is 0.190. The molecule has 0 spiro atoms. The average Bonchev–Trinajstić information content (AvgIpc) is 2.16. The molecule has 14 heavy (non-hydrogen) atoms. The van der Waals surface area contributed by atoms with Crippen molar-refractivity contribution in [3.05, 3.63) is 0 Å². The van der Waals surface area contributed by atoms with Crippen molar-refractivity contribution in [2.45, 2.75) is 44.8 Å². The number of likely N-dealkylation sites (tertiary alicyclic amines) is 1. The summed E-state index contributed by atoms with van der Waals surface area (Å²) in [6.45, 7) is 4.97. The van der Waals surface area contributed by atoms with E-state index in [4.69, 9.17) is 0 Å². The van der Waals surface area contributed by atoms with Crippen LogP contribution in [0.2, 0.25) is 0 Å². The lowest BCUT2D eigenvalue weighted by molar-refractivity contribution is 0.0731. The summed E-state index contributed by atoms with van der Waals surface area (Å²) in [4.78, 5) is 2.45. The number of nitrogens with zero attached hydrogens (tertiary/aromatic N) is 1. The summed E-state index contributed by atoms with van der Waals surface area (Å²) in [5.74, 6) is 0. The molecule has 0 saturated carbocycles. The highest BCUT2D eigenvalue weighted by atomic mass is 16.3. The topological polar surface area (TPSA) is 35.5 Å². The van der Waals surface area contributed by atoms with Crippen LogP contribution in [-0.2, 0) is 0 Å². The number of rotatable bonds is 5. The minimum atomic E-state index is -0.190. The Morgan fingerprint density at radius 2 is 2.29 bits per heavy atom. The van der Waals surface area contributed by atoms with E-state index in [1.54, 1.807) is 0 Å². The number of nitrogens with one attached hydrogen (secondary N) is 1. The number of hydrogen-bond donors (Lipinski definition) is 2. The van der Waals surface area contributed by atoms with Crippen molar-refractivity contribution in [2.24, 2.45) is 0 Å². The van der Waals surface area contributed by atoms with Crippen molar-refractivity contribution in [1.82, 2.24) is 10.2 Å². The second kappa shape index (κ2) is 6.38. The first-order valence-electron chi connectivity index (χ1n) is 5.80. The fraction of sp³-hybridized carbons (Fsp3) is 1.00. The molecule has 1 unspecified atom stereocenters. The molecule has 1 aliphatic rings. The van der Waals surface area contributed by atoms with Crippen LogP contribution >= 0.6 is 0 Å². The molecule has 3 heteroatoms. The average molecular weight is 200 g/mol. The van der Waals surface area contributed by atoms with E-state index in [0.29, 0.717) is 6.04 Å². The summed E-state index contributed by atoms with van der Waals surface area (Å²) in [6, 6.07) is 0.686. The van der Waals surface area contributed by atoms with Crippen molar-refractivity contribution >= 4 is 0 Å². The standard InChI is InChI=1S/C11H24N2O/c1-10(14)9-13-8-4-3-5-11(13)6-7-12-2/h10-12,14H,3-9H2,1-2H3/t10-,11?/m0/s1. The minimum Gasteiger partial charge on any atom is -0.392 e. The van der Waals surface area contributed by atoms with Crippen LogP contribution in [0.4, 0.5) is 0 Å². The zero-order valence-corrected chi connectivity index (χ0v) is 9.50. The van der Waals surface area contributed by atoms with Gasteiger partial charge in [0.05, 0.1) is 6.10 Å². The zero-order valence-electron chi connectivity index (χ0n) is 9.50. The maximum Gasteiger partial charge on any atom is 0.0639 e. The van der Waals surface area contributed by atoms with Gasteiger partial charge in [0.25, 0.3) is 0 Å². The van der Waals surface area contributed by atoms with Crippen molar-refractivity contribution in [3.8, 4) is 0 Å². The van der Waals surface area contributed by atoms with Crippen LogP contribution in [0.15, 0.2) is 0 Å². The van der Waals surface area contributed by atoms with Crippen molar-refractivity contribution in [1.29, 1.82) is 0 Å². The molecule has 3 nitrogen and oxygen atoms in total. The van der Waals surface area contributed by atoms with Gasteiger partial charge in [-0.05, 0) is 46.3 Å². The molecule has 1 fully saturated rings. The lowest BCUT2D eigenvalue weighted by Gasteiger charge is -2.36. The van der Waals surface area contributed by atoms with Gasteiger partial charge >= 0.3 is 0 Å². The second-order valence-corrected chi connectivity index (χ2v) is 4.39. The Bertz CT molecular complexity index is 150. The highest BCUT2D eigenvalue weighted by Crippen LogP contribution is 2.19. The Kier molecular flexibility index (Phi) is 5.45. The third-order valence-corrected chi connectivity index (χ3v) is 2.98. The predicted molar refractivity (Wildman–Crippen MR) is 59.4 cm³/mol. The molecule has 1 heterocycles. The van der Waals surface area contributed by atoms with Crippen LogP contribution in [0, 0.1) is 0 Å². The monoisotopic (exact) mass is 200 g/mol. The predicted octanol–water partition coefficient (Wildman–Crippen LogP) is 0.831. The van der Waals surface area contributed by atoms with E-state index in [1.165, 1.54) is 32.2 Å². The number of aliphatic hydroxyl groups excluding tert-OH is 1. The van der Waals surface area contributed by atoms with E-state index < -0.39 is 0 Å². The van der Waals surface area contributed by atoms with Gasteiger partial charge in [-0.2, -0.15) is 0 Å². The molecule has 1 saturated heterocycles. The molecular formula is C11H24N2O. The molecule has 0 aromatic rings. The van der Waals surface area contributed by atoms with Crippen LogP contribution in [0.1, 0.15) is 32.6 Å². The fourth-order valence-corrected chi connectivity index (χ4v) is 2.28. The van der Waals surface area contributed by atoms with Crippen LogP contribution in [0.25, 0.3) is 0 Å². The number of aliphatic hydroxyl groups is 1. The fourth-order valence-electron chi connectivity index (χ4n) is 2.28. The van der Waals surface area contributed by atoms with Gasteiger partial charge in [0.2, 0.25) is 0 Å². The highest BCUT2D eigenvalue weighted by molar-refractivity contribution is 4.78. The van der Waals surface area contributed by atoms with E-state index >= 15 is 0 Å². The van der Waals surface area contributed by atoms with Gasteiger partial charge in [-0.25, -0.2) is 0 Å². The molecule has 2 N–H and O–H groups in total. The Labute approximate surface area is 87.5 Å². The molecule has 2 atom stereocenters. The Hall–Kier alpha value is -0.120. The molecular weight excluding hydrogens is 176 g/mol. The van der Waals surface area contributed by atoms with E-state index in [2.05, 4.69) is 10.2 Å². The maximum absolute atomic E-state index is 9.39. The first-order valence-corrected chi connectivity index (χ1v) is 5.80. The van der Waals surface area contributed by atoms with Gasteiger partial charge in [-0.3, -0.25) is 4.90 Å². The largest absolute Gasteiger partial charge is 0.392 e. The van der Waals surface area contributed by atoms with Crippen LogP contribution in [0.3, 0.4) is 0 Å². The first-order chi connectivity index (χ1) is 6.74. The summed E-state index contributed by atoms with van der Waals surface area (Å²) in [6.07, 6.45) is 4.97. The highest BCUT2D eigenvalue weighted by Gasteiger charge is 2.22. The van der Waals surface area contributed by atoms with E-state index in [1.807, 2.05) is 14.0 Å². The van der Waals surface area contributed by atoms with Crippen LogP contribution < -0.4 is 5.32 Å². The SMILES string of the molecule is CNCCC1CCCCN1C[C@H](C)O. The third-order valence-electron chi connectivity index (χ3n) is 2.98. The Morgan fingerprint density at radius 1 is 1.50 bits per heavy atom. The quantitative estimate of drug-likeness (QED) is 0.690. The van der Waals surface area contributed by atoms with Crippen molar-refractivity contribution in [3.63, 3.8) is 0 Å². The van der Waals surface area contributed by atoms with Gasteiger partial charge < -0.3 is 10.4 Å². The van der Waals surface area contributed by atoms with Crippen molar-refractivity contribution in [2.75, 3.05) is 26.7 Å². The third kappa shape index (κ3) is 3.95. The molecule has 0 aromatic heterocycles. The number of hydrogen-bond acceptors (Lipinski definition) is 3. The molecule has 0 amide bonds. The smallest absolute Gasteiger partial charge is 0.0639 e. The van der Waals surface area contributed by atoms with Crippen LogP contribution in [0.5, 0.6) is 0 Å². The van der Waals surface area contributed by atoms with E-state index in [0.717, 1.165) is 13.1 Å². The summed E-state index contributed by atoms with van der Waals surface area (Å²) >= 11 is 0. The lowest BCUT2D eigenvalue weighted by atomic mass is 9.99. The molecule has 0 aliphatic carbocycles. The second-order valence-electron chi connectivity index (χ2n) is 4.39. The van der Waals surface area contributed by atoms with E-state index in [-0.39, 0.29) is 6.10 Å². The van der Waals surface area contributed by atoms with Gasteiger partial charge in [0, 0.05) is 12.6 Å². The van der Waals surface area contributed by atoms with Crippen molar-refractivity contribution < 1.29 is 5.11 Å². The molecule has 1 aliphatic heterocycles. The summed E-state index contributed by atoms with van der Waals surface area (Å²) in [7, 11) is 2.00. The number of β-amino-alcohol motifs (C(OH)–C–C–N with tert-alkyl or cyclic N) is 1. The molecule has 1 rings (SSSR count). The molecule has 0 aromatic carbocycles. The Morgan fingerprint density at radius 3 is 2.93 bits per heavy atom. The summed E-state index contributed by atoms with van der Waals surface area (Å²) < 4.78 is 0. The zero-order chi connectivity index (χ0) is 10.4. The summed E-state index contributed by atoms with van der Waals surface area (Å²) in [5.41, 5.74) is 0. The molecule has 0 bridgehead atoms. The molecule has 84 valence electrons. The van der Waals surface area contributed by atoms with E-state index in [9.17, 15) is 5.11 Å². The van der Waals surface area contributed by atoms with Gasteiger partial charge in [0.15, 0.2) is 0 Å². The normalized spacial score (nSPS) is 26.4. The van der Waals surface area contributed by atoms with Gasteiger partial charge in [-0.15, -0.1) is 0 Å². The Balaban J connectivity index is 2.33. The van der Waals surface area contributed by atoms with Crippen LogP contribution in [-0.4, -0.2) is 48.8 Å². The van der Waals surface area contributed by atoms with Gasteiger partial charge in [0.1, 0.15) is 0 Å². The number of piperidine rings is 1. The molecule has 0 radical (unpaired) electrons. The first kappa shape index (κ1) is 12.0.